The topological polar surface area (TPSA) is 73.1 Å². The van der Waals surface area contributed by atoms with Crippen LogP contribution in [0.1, 0.15) is 47.9 Å². The Kier molecular flexibility index (Phi) is 4.02. The molecular weight excluding hydrogens is 296 g/mol. The van der Waals surface area contributed by atoms with E-state index in [1.807, 2.05) is 25.3 Å². The molecule has 0 bridgehead atoms. The summed E-state index contributed by atoms with van der Waals surface area (Å²) >= 11 is 0. The Morgan fingerprint density at radius 1 is 1.00 bits per heavy atom. The number of primary sulfonamides is 1. The lowest BCUT2D eigenvalue weighted by molar-refractivity contribution is 0.597. The number of nitrogens with two attached hydrogens (primary N) is 1. The average molecular weight is 316 g/mol. The molecule has 0 amide bonds. The van der Waals surface area contributed by atoms with Crippen LogP contribution < -0.4 is 5.14 Å². The third-order valence-corrected chi connectivity index (χ3v) is 5.44. The highest BCUT2D eigenvalue weighted by Crippen LogP contribution is 2.45. The zero-order valence-electron chi connectivity index (χ0n) is 12.6. The molecule has 1 saturated carbocycles. The molecule has 1 aromatic carbocycles. The van der Waals surface area contributed by atoms with E-state index in [9.17, 15) is 8.42 Å². The Morgan fingerprint density at radius 2 is 1.59 bits per heavy atom. The van der Waals surface area contributed by atoms with Crippen molar-refractivity contribution >= 4 is 10.0 Å². The van der Waals surface area contributed by atoms with E-state index in [2.05, 4.69) is 17.1 Å². The fraction of sp³-hybridized carbons (Fsp3) is 0.353. The van der Waals surface area contributed by atoms with Crippen LogP contribution >= 0.6 is 0 Å². The van der Waals surface area contributed by atoms with Gasteiger partial charge in [0.1, 0.15) is 0 Å². The van der Waals surface area contributed by atoms with Gasteiger partial charge in [0, 0.05) is 11.9 Å². The Labute approximate surface area is 131 Å². The van der Waals surface area contributed by atoms with Crippen molar-refractivity contribution in [3.8, 4) is 0 Å². The maximum absolute atomic E-state index is 11.4. The molecule has 0 saturated heterocycles. The molecule has 1 aliphatic carbocycles. The lowest BCUT2D eigenvalue weighted by Crippen LogP contribution is -2.12. The molecule has 0 aliphatic heterocycles. The van der Waals surface area contributed by atoms with Gasteiger partial charge in [0.15, 0.2) is 0 Å². The fourth-order valence-corrected chi connectivity index (χ4v) is 3.88. The van der Waals surface area contributed by atoms with Crippen molar-refractivity contribution in [2.45, 2.75) is 42.9 Å². The smallest absolute Gasteiger partial charge is 0.238 e. The van der Waals surface area contributed by atoms with Gasteiger partial charge in [-0.05, 0) is 60.9 Å². The van der Waals surface area contributed by atoms with E-state index in [0.29, 0.717) is 11.8 Å². The molecule has 22 heavy (non-hydrogen) atoms. The van der Waals surface area contributed by atoms with Gasteiger partial charge in [-0.3, -0.25) is 4.98 Å². The van der Waals surface area contributed by atoms with Gasteiger partial charge in [-0.2, -0.15) is 0 Å². The second kappa shape index (κ2) is 5.82. The number of hydrogen-bond donors (Lipinski definition) is 1. The lowest BCUT2D eigenvalue weighted by Gasteiger charge is -2.20. The van der Waals surface area contributed by atoms with E-state index in [1.165, 1.54) is 17.5 Å². The summed E-state index contributed by atoms with van der Waals surface area (Å²) in [6.07, 6.45) is 5.41. The first kappa shape index (κ1) is 15.2. The number of sulfonamides is 1. The molecule has 2 unspecified atom stereocenters. The van der Waals surface area contributed by atoms with Gasteiger partial charge < -0.3 is 0 Å². The number of benzene rings is 1. The predicted molar refractivity (Wildman–Crippen MR) is 86.1 cm³/mol. The van der Waals surface area contributed by atoms with Crippen LogP contribution in [0.25, 0.3) is 0 Å². The Hall–Kier alpha value is -1.72. The second-order valence-electron chi connectivity index (χ2n) is 5.99. The Bertz CT molecular complexity index is 752. The molecule has 1 heterocycles. The number of hydrogen-bond acceptors (Lipinski definition) is 3. The number of aryl methyl sites for hydroxylation is 1. The summed E-state index contributed by atoms with van der Waals surface area (Å²) in [5, 5.41) is 5.16. The standard InChI is InChI=1S/C17H20N2O2S/c1-12-5-6-14(11-19-12)17-4-2-3-16(17)13-7-9-15(10-8-13)22(18,20)21/h5-11,16-17H,2-4H2,1H3,(H2,18,20,21). The van der Waals surface area contributed by atoms with E-state index in [0.717, 1.165) is 18.5 Å². The van der Waals surface area contributed by atoms with Gasteiger partial charge in [-0.25, -0.2) is 13.6 Å². The van der Waals surface area contributed by atoms with Crippen LogP contribution in [0.3, 0.4) is 0 Å². The van der Waals surface area contributed by atoms with Crippen molar-refractivity contribution in [2.24, 2.45) is 5.14 Å². The number of aromatic nitrogens is 1. The third kappa shape index (κ3) is 3.05. The minimum Gasteiger partial charge on any atom is -0.261 e. The number of nitrogens with zero attached hydrogens (tertiary/aromatic N) is 1. The maximum Gasteiger partial charge on any atom is 0.238 e. The first-order chi connectivity index (χ1) is 10.4. The van der Waals surface area contributed by atoms with Gasteiger partial charge in [0.2, 0.25) is 10.0 Å². The zero-order valence-corrected chi connectivity index (χ0v) is 13.4. The van der Waals surface area contributed by atoms with E-state index in [-0.39, 0.29) is 4.90 Å². The van der Waals surface area contributed by atoms with Crippen LogP contribution in [0.5, 0.6) is 0 Å². The summed E-state index contributed by atoms with van der Waals surface area (Å²) in [5.41, 5.74) is 3.47. The fourth-order valence-electron chi connectivity index (χ4n) is 3.36. The quantitative estimate of drug-likeness (QED) is 0.945. The third-order valence-electron chi connectivity index (χ3n) is 4.52. The van der Waals surface area contributed by atoms with Crippen LogP contribution in [0.15, 0.2) is 47.5 Å². The molecule has 3 rings (SSSR count). The van der Waals surface area contributed by atoms with Crippen LogP contribution in [0.2, 0.25) is 0 Å². The molecule has 116 valence electrons. The minimum absolute atomic E-state index is 0.169. The van der Waals surface area contributed by atoms with Crippen LogP contribution in [0, 0.1) is 6.92 Å². The first-order valence-corrected chi connectivity index (χ1v) is 9.05. The van der Waals surface area contributed by atoms with Crippen molar-refractivity contribution in [3.63, 3.8) is 0 Å². The Morgan fingerprint density at radius 3 is 2.14 bits per heavy atom. The first-order valence-electron chi connectivity index (χ1n) is 7.50. The number of rotatable bonds is 3. The molecule has 4 nitrogen and oxygen atoms in total. The zero-order chi connectivity index (χ0) is 15.7. The number of pyridine rings is 1. The van der Waals surface area contributed by atoms with E-state index < -0.39 is 10.0 Å². The van der Waals surface area contributed by atoms with Crippen molar-refractivity contribution in [1.29, 1.82) is 0 Å². The van der Waals surface area contributed by atoms with Gasteiger partial charge in [0.05, 0.1) is 4.90 Å². The largest absolute Gasteiger partial charge is 0.261 e. The van der Waals surface area contributed by atoms with Crippen molar-refractivity contribution in [3.05, 3.63) is 59.4 Å². The van der Waals surface area contributed by atoms with Crippen LogP contribution in [0.4, 0.5) is 0 Å². The molecule has 1 aliphatic rings. The molecular formula is C17H20N2O2S. The minimum atomic E-state index is -3.62. The summed E-state index contributed by atoms with van der Waals surface area (Å²) in [6, 6.07) is 11.2. The molecule has 2 N–H and O–H groups in total. The van der Waals surface area contributed by atoms with Crippen molar-refractivity contribution in [2.75, 3.05) is 0 Å². The lowest BCUT2D eigenvalue weighted by atomic mass is 9.85. The SMILES string of the molecule is Cc1ccc(C2CCCC2c2ccc(S(N)(=O)=O)cc2)cn1. The molecule has 0 radical (unpaired) electrons. The highest BCUT2D eigenvalue weighted by Gasteiger charge is 2.30. The Balaban J connectivity index is 1.88. The highest BCUT2D eigenvalue weighted by molar-refractivity contribution is 7.89. The monoisotopic (exact) mass is 316 g/mol. The van der Waals surface area contributed by atoms with Crippen molar-refractivity contribution in [1.82, 2.24) is 4.98 Å². The predicted octanol–water partition coefficient (Wildman–Crippen LogP) is 3.09. The summed E-state index contributed by atoms with van der Waals surface area (Å²) in [7, 11) is -3.62. The van der Waals surface area contributed by atoms with E-state index >= 15 is 0 Å². The molecule has 2 aromatic rings. The molecule has 1 aromatic heterocycles. The summed E-state index contributed by atoms with van der Waals surface area (Å²) in [6.45, 7) is 1.99. The molecule has 2 atom stereocenters. The summed E-state index contributed by atoms with van der Waals surface area (Å²) in [4.78, 5) is 4.57. The van der Waals surface area contributed by atoms with Gasteiger partial charge >= 0.3 is 0 Å². The normalized spacial score (nSPS) is 21.9. The molecule has 0 spiro atoms. The van der Waals surface area contributed by atoms with Crippen molar-refractivity contribution < 1.29 is 8.42 Å². The maximum atomic E-state index is 11.4. The molecule has 5 heteroatoms. The average Bonchev–Trinajstić information content (AvgIpc) is 2.97. The summed E-state index contributed by atoms with van der Waals surface area (Å²) < 4.78 is 22.7. The highest BCUT2D eigenvalue weighted by atomic mass is 32.2. The van der Waals surface area contributed by atoms with Crippen LogP contribution in [-0.4, -0.2) is 13.4 Å². The van der Waals surface area contributed by atoms with E-state index in [1.54, 1.807) is 12.1 Å². The molecule has 1 fully saturated rings. The summed E-state index contributed by atoms with van der Waals surface area (Å²) in [5.74, 6) is 0.868. The second-order valence-corrected chi connectivity index (χ2v) is 7.55. The van der Waals surface area contributed by atoms with E-state index in [4.69, 9.17) is 5.14 Å². The van der Waals surface area contributed by atoms with Crippen LogP contribution in [-0.2, 0) is 10.0 Å². The van der Waals surface area contributed by atoms with Gasteiger partial charge in [-0.15, -0.1) is 0 Å². The van der Waals surface area contributed by atoms with Gasteiger partial charge in [0.25, 0.3) is 0 Å². The van der Waals surface area contributed by atoms with Gasteiger partial charge in [-0.1, -0.05) is 24.6 Å².